The van der Waals surface area contributed by atoms with Gasteiger partial charge in [0.25, 0.3) is 59.1 Å². The average Bonchev–Trinajstić information content (AvgIpc) is 3.39. The number of aliphatic carboxylic acids is 1. The minimum atomic E-state index is -1.76. The van der Waals surface area contributed by atoms with E-state index in [1.807, 2.05) is 16.0 Å². The van der Waals surface area contributed by atoms with Crippen LogP contribution >= 0.6 is 34.0 Å². The van der Waals surface area contributed by atoms with Crippen molar-refractivity contribution in [2.75, 3.05) is 0 Å². The molecule has 7 heterocycles. The van der Waals surface area contributed by atoms with Crippen LogP contribution in [0.4, 0.5) is 0 Å². The van der Waals surface area contributed by atoms with Gasteiger partial charge in [0, 0.05) is 38.3 Å². The van der Waals surface area contributed by atoms with Crippen LogP contribution in [0.2, 0.25) is 0 Å². The molecular weight excluding hydrogens is 1200 g/mol. The van der Waals surface area contributed by atoms with Crippen molar-refractivity contribution >= 4 is 105 Å². The highest BCUT2D eigenvalue weighted by atomic mass is 32.1. The van der Waals surface area contributed by atoms with E-state index in [9.17, 15) is 63.0 Å². The molecule has 4 atom stereocenters. The quantitative estimate of drug-likeness (QED) is 0.0643. The predicted molar refractivity (Wildman–Crippen MR) is 306 cm³/mol. The van der Waals surface area contributed by atoms with Crippen LogP contribution < -0.4 is 53.2 Å². The number of carboxylic acid groups (broad SMARTS) is 1. The van der Waals surface area contributed by atoms with Crippen molar-refractivity contribution in [3.05, 3.63) is 164 Å². The summed E-state index contributed by atoms with van der Waals surface area (Å²) in [7, 11) is 0. The Hall–Kier alpha value is -10.9. The molecule has 7 rings (SSSR count). The number of thiophene rings is 1. The van der Waals surface area contributed by atoms with Crippen LogP contribution in [0.25, 0.3) is 27.5 Å². The molecule has 0 radical (unpaired) electrons. The molecular formula is C53H49N15O16S3. The number of fused-ring (bicyclic) bond motifs is 13. The van der Waals surface area contributed by atoms with Gasteiger partial charge >= 0.3 is 11.9 Å². The number of amides is 10. The molecule has 6 aromatic heterocycles. The van der Waals surface area contributed by atoms with E-state index in [4.69, 9.17) is 13.9 Å². The maximum atomic E-state index is 13.9. The molecule has 1 aliphatic heterocycles. The summed E-state index contributed by atoms with van der Waals surface area (Å²) >= 11 is 3.03. The van der Waals surface area contributed by atoms with Gasteiger partial charge in [-0.2, -0.15) is 0 Å². The second kappa shape index (κ2) is 27.6. The number of aliphatic hydroxyl groups excluding tert-OH is 2. The first-order chi connectivity index (χ1) is 41.2. The van der Waals surface area contributed by atoms with Gasteiger partial charge in [-0.1, -0.05) is 45.9 Å². The van der Waals surface area contributed by atoms with Crippen molar-refractivity contribution in [3.8, 4) is 21.8 Å². The van der Waals surface area contributed by atoms with Crippen LogP contribution in [0.1, 0.15) is 112 Å². The molecule has 1 aliphatic rings. The number of aliphatic hydroxyl groups is 2. The molecule has 31 nitrogen and oxygen atoms in total. The summed E-state index contributed by atoms with van der Waals surface area (Å²) in [6, 6.07) is 0.477. The lowest BCUT2D eigenvalue weighted by Crippen LogP contribution is -2.54. The number of nitrogens with zero attached hydrogens (tertiary/aromatic N) is 5. The molecule has 13 N–H and O–H groups in total. The smallest absolute Gasteiger partial charge is 0.351 e. The van der Waals surface area contributed by atoms with Crippen LogP contribution in [0.3, 0.4) is 0 Å². The monoisotopic (exact) mass is 1250 g/mol. The highest BCUT2D eigenvalue weighted by Crippen LogP contribution is 2.34. The maximum Gasteiger partial charge on any atom is 0.351 e. The number of thiazole rings is 2. The zero-order valence-electron chi connectivity index (χ0n) is 45.6. The van der Waals surface area contributed by atoms with Crippen molar-refractivity contribution in [3.63, 3.8) is 0 Å². The molecule has 4 unspecified atom stereocenters. The minimum Gasteiger partial charge on any atom is -0.477 e. The highest BCUT2D eigenvalue weighted by Gasteiger charge is 2.31. The summed E-state index contributed by atoms with van der Waals surface area (Å²) in [6.45, 7) is 21.5. The van der Waals surface area contributed by atoms with E-state index in [0.717, 1.165) is 58.8 Å². The number of hydrogen-bond donors (Lipinski definition) is 13. The van der Waals surface area contributed by atoms with Crippen molar-refractivity contribution in [1.82, 2.24) is 78.1 Å². The molecule has 0 saturated heterocycles. The Kier molecular flexibility index (Phi) is 20.2. The Morgan fingerprint density at radius 1 is 0.701 bits per heavy atom. The van der Waals surface area contributed by atoms with Crippen LogP contribution in [0.5, 0.6) is 0 Å². The summed E-state index contributed by atoms with van der Waals surface area (Å²) in [6.07, 6.45) is 1.78. The summed E-state index contributed by atoms with van der Waals surface area (Å²) in [5, 5.41) is 59.0. The maximum absolute atomic E-state index is 13.9. The number of imide groups is 1. The third-order valence-corrected chi connectivity index (χ3v) is 14.5. The highest BCUT2D eigenvalue weighted by molar-refractivity contribution is 7.13. The number of oxazole rings is 2. The molecule has 10 bridgehead atoms. The van der Waals surface area contributed by atoms with Crippen molar-refractivity contribution < 1.29 is 76.9 Å². The third-order valence-electron chi connectivity index (χ3n) is 11.7. The van der Waals surface area contributed by atoms with E-state index in [1.54, 1.807) is 19.9 Å². The molecule has 0 saturated carbocycles. The molecule has 6 aromatic rings. The van der Waals surface area contributed by atoms with E-state index in [0.29, 0.717) is 16.3 Å². The number of nitrogens with one attached hydrogen (secondary N) is 10. The molecule has 0 spiro atoms. The van der Waals surface area contributed by atoms with Crippen molar-refractivity contribution in [2.24, 2.45) is 0 Å². The van der Waals surface area contributed by atoms with Gasteiger partial charge in [-0.15, -0.1) is 34.0 Å². The SMILES string of the molecule is C=C(NC(=O)C(=C)NC(=O)C(=C)NC(=O)C(=C)NC(=O)c1cc2c(cn1)-c1coc(n1)C(=O)NC(=O)C(=C)NC(=O)c1csc(c1)C(C)NC(=O)c1csc(n1)CNC(=O)c1coc(n1)/C(=C/CC)NC(O)C(C(C)O)NC(=O)c1csc-2n1)C(=O)O. The largest absolute Gasteiger partial charge is 0.477 e. The lowest BCUT2D eigenvalue weighted by Gasteiger charge is -2.27. The number of carbonyl (C=O) groups excluding carboxylic acids is 10. The van der Waals surface area contributed by atoms with Gasteiger partial charge in [0.1, 0.15) is 57.2 Å². The van der Waals surface area contributed by atoms with Crippen LogP contribution in [0, 0.1) is 0 Å². The van der Waals surface area contributed by atoms with Gasteiger partial charge < -0.3 is 72.0 Å². The number of carbonyl (C=O) groups is 11. The summed E-state index contributed by atoms with van der Waals surface area (Å²) < 4.78 is 11.0. The molecule has 87 heavy (non-hydrogen) atoms. The van der Waals surface area contributed by atoms with E-state index in [-0.39, 0.29) is 62.6 Å². The van der Waals surface area contributed by atoms with Crippen LogP contribution in [-0.4, -0.2) is 124 Å². The standard InChI is InChI=1S/C53H49N15O16S3/c1-9-10-30-50-65-33(16-83-50)44(75)55-14-37-62-34(18-86-37)46(77)56-20(2)36-11-27(17-85-36)43(74)59-24(6)42(73)68-49(80)51-64-32(15-84-51)29-13-54-31(12-28(29)52-66-35(19-87-52)47(78)67-38(26(8)69)48(79)63-30)45(76)60-23(5)40(71)57-21(3)39(70)58-22(4)41(72)61-25(7)53(81)82/h10-13,15-20,26,38,48,63,69,79H,3-7,9,14H2,1-2,8H3,(H,55,75)(H,56,77)(H,57,71)(H,58,70)(H,59,74)(H,60,76)(H,61,72)(H,67,78)(H,81,82)(H,68,73,80)/b30-10-. The number of rotatable bonds is 11. The molecule has 0 aromatic carbocycles. The normalized spacial score (nSPS) is 16.9. The first-order valence-electron chi connectivity index (χ1n) is 24.9. The first kappa shape index (κ1) is 63.6. The Balaban J connectivity index is 1.16. The molecule has 450 valence electrons. The van der Waals surface area contributed by atoms with E-state index in [1.165, 1.54) is 29.1 Å². The van der Waals surface area contributed by atoms with Gasteiger partial charge in [0.05, 0.1) is 58.8 Å². The fourth-order valence-corrected chi connectivity index (χ4v) is 9.60. The van der Waals surface area contributed by atoms with Crippen LogP contribution in [0.15, 0.2) is 123 Å². The number of carboxylic acids is 1. The lowest BCUT2D eigenvalue weighted by atomic mass is 10.1. The Bertz CT molecular complexity index is 3920. The zero-order chi connectivity index (χ0) is 63.6. The summed E-state index contributed by atoms with van der Waals surface area (Å²) in [4.78, 5) is 165. The summed E-state index contributed by atoms with van der Waals surface area (Å²) in [5.74, 6) is -12.4. The lowest BCUT2D eigenvalue weighted by molar-refractivity contribution is -0.134. The second-order valence-corrected chi connectivity index (χ2v) is 20.8. The Labute approximate surface area is 502 Å². The molecule has 0 aliphatic carbocycles. The first-order valence-corrected chi connectivity index (χ1v) is 27.6. The predicted octanol–water partition coefficient (Wildman–Crippen LogP) is 1.36. The minimum absolute atomic E-state index is 0.0158. The topological polar surface area (TPSA) is 459 Å². The Morgan fingerprint density at radius 3 is 1.98 bits per heavy atom. The number of aromatic nitrogens is 5. The van der Waals surface area contributed by atoms with Crippen molar-refractivity contribution in [2.45, 2.75) is 58.2 Å². The number of hydrogen-bond acceptors (Lipinski definition) is 24. The zero-order valence-corrected chi connectivity index (χ0v) is 48.0. The van der Waals surface area contributed by atoms with E-state index in [2.05, 4.69) is 95.0 Å². The second-order valence-electron chi connectivity index (χ2n) is 18.1. The van der Waals surface area contributed by atoms with Gasteiger partial charge in [0.15, 0.2) is 5.69 Å². The fourth-order valence-electron chi connectivity index (χ4n) is 7.16. The van der Waals surface area contributed by atoms with Crippen molar-refractivity contribution in [1.29, 1.82) is 0 Å². The molecule has 34 heteroatoms. The van der Waals surface area contributed by atoms with E-state index >= 15 is 0 Å². The van der Waals surface area contributed by atoms with Gasteiger partial charge in [-0.25, -0.2) is 24.7 Å². The number of pyridine rings is 1. The molecule has 0 fully saturated rings. The average molecular weight is 1250 g/mol. The van der Waals surface area contributed by atoms with Gasteiger partial charge in [-0.3, -0.25) is 58.2 Å². The number of allylic oxidation sites excluding steroid dienone is 1. The van der Waals surface area contributed by atoms with Gasteiger partial charge in [-0.05, 0) is 32.4 Å². The van der Waals surface area contributed by atoms with Crippen LogP contribution in [-0.2, 0) is 30.5 Å². The summed E-state index contributed by atoms with van der Waals surface area (Å²) in [5.41, 5.74) is -4.27. The third kappa shape index (κ3) is 15.8. The molecule has 10 amide bonds. The van der Waals surface area contributed by atoms with Gasteiger partial charge in [0.2, 0.25) is 5.89 Å². The Morgan fingerprint density at radius 2 is 1.31 bits per heavy atom. The fraction of sp³-hybridized carbons (Fsp3) is 0.170. The van der Waals surface area contributed by atoms with E-state index < -0.39 is 130 Å².